The van der Waals surface area contributed by atoms with Crippen molar-refractivity contribution in [3.8, 4) is 0 Å². The third kappa shape index (κ3) is 1.44. The molecular formula is C12H20O3. The second-order valence-corrected chi connectivity index (χ2v) is 5.78. The van der Waals surface area contributed by atoms with Crippen LogP contribution in [0.3, 0.4) is 0 Å². The SMILES string of the molecule is CC12CCC(O)C(C)(C)[C@H]1COCC2=O. The molecule has 1 aliphatic carbocycles. The van der Waals surface area contributed by atoms with E-state index in [0.717, 1.165) is 12.8 Å². The Bertz CT molecular complexity index is 285. The van der Waals surface area contributed by atoms with Crippen molar-refractivity contribution in [3.05, 3.63) is 0 Å². The molecule has 0 aromatic carbocycles. The minimum absolute atomic E-state index is 0.148. The molecule has 1 saturated heterocycles. The third-order valence-electron chi connectivity index (χ3n) is 4.62. The highest BCUT2D eigenvalue weighted by Crippen LogP contribution is 2.53. The highest BCUT2D eigenvalue weighted by Gasteiger charge is 2.55. The number of hydrogen-bond acceptors (Lipinski definition) is 3. The van der Waals surface area contributed by atoms with Gasteiger partial charge in [0.25, 0.3) is 0 Å². The lowest BCUT2D eigenvalue weighted by Gasteiger charge is -2.54. The summed E-state index contributed by atoms with van der Waals surface area (Å²) in [5.41, 5.74) is -0.496. The van der Waals surface area contributed by atoms with Gasteiger partial charge in [-0.1, -0.05) is 20.8 Å². The summed E-state index contributed by atoms with van der Waals surface area (Å²) in [7, 11) is 0. The van der Waals surface area contributed by atoms with Crippen molar-refractivity contribution in [2.45, 2.75) is 39.7 Å². The number of Topliss-reactive ketones (excluding diaryl/α,β-unsaturated/α-hetero) is 1. The Labute approximate surface area is 90.8 Å². The maximum absolute atomic E-state index is 11.9. The summed E-state index contributed by atoms with van der Waals surface area (Å²) in [5, 5.41) is 10.0. The zero-order valence-electron chi connectivity index (χ0n) is 9.75. The summed E-state index contributed by atoms with van der Waals surface area (Å²) in [5.74, 6) is 0.355. The van der Waals surface area contributed by atoms with E-state index in [2.05, 4.69) is 0 Å². The molecule has 1 aliphatic heterocycles. The van der Waals surface area contributed by atoms with Crippen LogP contribution in [0.2, 0.25) is 0 Å². The second-order valence-electron chi connectivity index (χ2n) is 5.78. The number of aliphatic hydroxyl groups is 1. The first-order valence-corrected chi connectivity index (χ1v) is 5.68. The van der Waals surface area contributed by atoms with Gasteiger partial charge in [0.1, 0.15) is 6.61 Å². The maximum Gasteiger partial charge on any atom is 0.164 e. The monoisotopic (exact) mass is 212 g/mol. The van der Waals surface area contributed by atoms with E-state index in [1.165, 1.54) is 0 Å². The molecule has 2 aliphatic rings. The van der Waals surface area contributed by atoms with Crippen LogP contribution in [0.25, 0.3) is 0 Å². The van der Waals surface area contributed by atoms with Crippen molar-refractivity contribution in [1.29, 1.82) is 0 Å². The van der Waals surface area contributed by atoms with E-state index in [0.29, 0.717) is 6.61 Å². The van der Waals surface area contributed by atoms with Crippen LogP contribution in [0.15, 0.2) is 0 Å². The summed E-state index contributed by atoms with van der Waals surface area (Å²) >= 11 is 0. The van der Waals surface area contributed by atoms with E-state index in [4.69, 9.17) is 4.74 Å². The standard InChI is InChI=1S/C12H20O3/c1-11(2)8-6-15-7-10(14)12(8,3)5-4-9(11)13/h8-9,13H,4-7H2,1-3H3/t8-,9?,12?/m1/s1. The van der Waals surface area contributed by atoms with Crippen LogP contribution in [-0.2, 0) is 9.53 Å². The molecule has 0 spiro atoms. The molecule has 2 unspecified atom stereocenters. The summed E-state index contributed by atoms with van der Waals surface area (Å²) in [6.45, 7) is 6.98. The van der Waals surface area contributed by atoms with Crippen LogP contribution in [0.1, 0.15) is 33.6 Å². The van der Waals surface area contributed by atoms with Gasteiger partial charge in [0.15, 0.2) is 5.78 Å². The van der Waals surface area contributed by atoms with E-state index in [1.54, 1.807) is 0 Å². The number of hydrogen-bond donors (Lipinski definition) is 1. The number of rotatable bonds is 0. The van der Waals surface area contributed by atoms with E-state index in [-0.39, 0.29) is 35.2 Å². The predicted octanol–water partition coefficient (Wildman–Crippen LogP) is 1.39. The minimum Gasteiger partial charge on any atom is -0.393 e. The van der Waals surface area contributed by atoms with E-state index < -0.39 is 0 Å². The van der Waals surface area contributed by atoms with Gasteiger partial charge in [-0.3, -0.25) is 4.79 Å². The fraction of sp³-hybridized carbons (Fsp3) is 0.917. The molecule has 1 saturated carbocycles. The molecule has 3 atom stereocenters. The zero-order chi connectivity index (χ0) is 11.3. The molecule has 2 fully saturated rings. The van der Waals surface area contributed by atoms with Crippen molar-refractivity contribution in [1.82, 2.24) is 0 Å². The Morgan fingerprint density at radius 1 is 1.40 bits per heavy atom. The third-order valence-corrected chi connectivity index (χ3v) is 4.62. The van der Waals surface area contributed by atoms with Crippen molar-refractivity contribution >= 4 is 5.78 Å². The first-order valence-electron chi connectivity index (χ1n) is 5.68. The van der Waals surface area contributed by atoms with Crippen molar-refractivity contribution in [2.75, 3.05) is 13.2 Å². The Morgan fingerprint density at radius 3 is 2.73 bits per heavy atom. The molecule has 0 aromatic heterocycles. The number of fused-ring (bicyclic) bond motifs is 1. The first kappa shape index (κ1) is 11.1. The minimum atomic E-state index is -0.315. The molecule has 3 heteroatoms. The quantitative estimate of drug-likeness (QED) is 0.660. The fourth-order valence-corrected chi connectivity index (χ4v) is 3.20. The maximum atomic E-state index is 11.9. The van der Waals surface area contributed by atoms with E-state index in [1.807, 2.05) is 20.8 Å². The first-order chi connectivity index (χ1) is 6.89. The molecule has 86 valence electrons. The average molecular weight is 212 g/mol. The molecular weight excluding hydrogens is 192 g/mol. The Morgan fingerprint density at radius 2 is 2.07 bits per heavy atom. The molecule has 2 rings (SSSR count). The van der Waals surface area contributed by atoms with Gasteiger partial charge in [0.2, 0.25) is 0 Å². The van der Waals surface area contributed by atoms with Crippen LogP contribution in [0.4, 0.5) is 0 Å². The van der Waals surface area contributed by atoms with Crippen molar-refractivity contribution < 1.29 is 14.6 Å². The van der Waals surface area contributed by atoms with E-state index >= 15 is 0 Å². The zero-order valence-corrected chi connectivity index (χ0v) is 9.75. The van der Waals surface area contributed by atoms with Gasteiger partial charge in [-0.15, -0.1) is 0 Å². The number of ketones is 1. The van der Waals surface area contributed by atoms with Gasteiger partial charge in [0.05, 0.1) is 12.7 Å². The number of carbonyl (C=O) groups excluding carboxylic acids is 1. The fourth-order valence-electron chi connectivity index (χ4n) is 3.20. The average Bonchev–Trinajstić information content (AvgIpc) is 2.16. The van der Waals surface area contributed by atoms with Crippen LogP contribution >= 0.6 is 0 Å². The largest absolute Gasteiger partial charge is 0.393 e. The molecule has 0 bridgehead atoms. The van der Waals surface area contributed by atoms with E-state index in [9.17, 15) is 9.90 Å². The Hall–Kier alpha value is -0.410. The predicted molar refractivity (Wildman–Crippen MR) is 56.4 cm³/mol. The lowest BCUT2D eigenvalue weighted by molar-refractivity contribution is -0.175. The number of ether oxygens (including phenoxy) is 1. The van der Waals surface area contributed by atoms with Gasteiger partial charge >= 0.3 is 0 Å². The smallest absolute Gasteiger partial charge is 0.164 e. The summed E-state index contributed by atoms with van der Waals surface area (Å²) in [6.07, 6.45) is 1.21. The molecule has 0 aromatic rings. The molecule has 15 heavy (non-hydrogen) atoms. The van der Waals surface area contributed by atoms with Gasteiger partial charge in [-0.05, 0) is 18.3 Å². The normalized spacial score (nSPS) is 44.9. The Kier molecular flexibility index (Phi) is 2.43. The molecule has 1 heterocycles. The van der Waals surface area contributed by atoms with Crippen LogP contribution in [0.5, 0.6) is 0 Å². The molecule has 0 radical (unpaired) electrons. The second kappa shape index (κ2) is 3.29. The summed E-state index contributed by atoms with van der Waals surface area (Å²) in [6, 6.07) is 0. The summed E-state index contributed by atoms with van der Waals surface area (Å²) in [4.78, 5) is 11.9. The molecule has 3 nitrogen and oxygen atoms in total. The topological polar surface area (TPSA) is 46.5 Å². The van der Waals surface area contributed by atoms with Crippen LogP contribution < -0.4 is 0 Å². The van der Waals surface area contributed by atoms with Crippen molar-refractivity contribution in [3.63, 3.8) is 0 Å². The number of carbonyl (C=O) groups is 1. The molecule has 0 amide bonds. The number of aliphatic hydroxyl groups excluding tert-OH is 1. The summed E-state index contributed by atoms with van der Waals surface area (Å²) < 4.78 is 5.34. The lowest BCUT2D eigenvalue weighted by Crippen LogP contribution is -2.58. The van der Waals surface area contributed by atoms with Gasteiger partial charge in [0, 0.05) is 11.3 Å². The Balaban J connectivity index is 2.35. The van der Waals surface area contributed by atoms with Gasteiger partial charge in [-0.2, -0.15) is 0 Å². The molecule has 1 N–H and O–H groups in total. The van der Waals surface area contributed by atoms with Crippen LogP contribution in [-0.4, -0.2) is 30.2 Å². The van der Waals surface area contributed by atoms with Crippen molar-refractivity contribution in [2.24, 2.45) is 16.7 Å². The van der Waals surface area contributed by atoms with Crippen LogP contribution in [0, 0.1) is 16.7 Å². The van der Waals surface area contributed by atoms with Gasteiger partial charge in [-0.25, -0.2) is 0 Å². The highest BCUT2D eigenvalue weighted by molar-refractivity contribution is 5.86. The lowest BCUT2D eigenvalue weighted by atomic mass is 9.53. The van der Waals surface area contributed by atoms with Gasteiger partial charge < -0.3 is 9.84 Å². The highest BCUT2D eigenvalue weighted by atomic mass is 16.5.